The Kier molecular flexibility index (Phi) is 5.68. The van der Waals surface area contributed by atoms with Crippen molar-refractivity contribution in [2.24, 2.45) is 5.73 Å². The summed E-state index contributed by atoms with van der Waals surface area (Å²) < 4.78 is 12.8. The minimum Gasteiger partial charge on any atom is -0.491 e. The molecule has 0 radical (unpaired) electrons. The van der Waals surface area contributed by atoms with Gasteiger partial charge in [0, 0.05) is 43.9 Å². The Morgan fingerprint density at radius 2 is 1.97 bits per heavy atom. The first-order valence-electron chi connectivity index (χ1n) is 11.1. The Bertz CT molecular complexity index is 1240. The minimum atomic E-state index is 0.299. The topological polar surface area (TPSA) is 77.9 Å². The summed E-state index contributed by atoms with van der Waals surface area (Å²) in [6, 6.07) is 12.8. The van der Waals surface area contributed by atoms with Crippen LogP contribution in [0.3, 0.4) is 0 Å². The van der Waals surface area contributed by atoms with Crippen molar-refractivity contribution in [3.8, 4) is 17.1 Å². The van der Waals surface area contributed by atoms with Gasteiger partial charge in [0.2, 0.25) is 0 Å². The average molecular weight is 432 g/mol. The normalized spacial score (nSPS) is 15.0. The molecule has 2 N–H and O–H groups in total. The Hall–Kier alpha value is -3.16. The molecular formula is C25H29N5O2. The third kappa shape index (κ3) is 3.89. The molecule has 0 amide bonds. The van der Waals surface area contributed by atoms with Crippen molar-refractivity contribution < 1.29 is 9.47 Å². The first-order valence-corrected chi connectivity index (χ1v) is 11.1. The molecule has 166 valence electrons. The summed E-state index contributed by atoms with van der Waals surface area (Å²) in [5.74, 6) is 0.778. The summed E-state index contributed by atoms with van der Waals surface area (Å²) in [5, 5.41) is 1.18. The summed E-state index contributed by atoms with van der Waals surface area (Å²) >= 11 is 0. The van der Waals surface area contributed by atoms with Crippen molar-refractivity contribution in [1.82, 2.24) is 14.4 Å². The van der Waals surface area contributed by atoms with E-state index in [9.17, 15) is 0 Å². The largest absolute Gasteiger partial charge is 0.491 e. The van der Waals surface area contributed by atoms with E-state index < -0.39 is 0 Å². The SMILES string of the molecule is COCCOc1ccn2c(-c3cc(C)c4cccc(N5CCC(N)CC5)c4n3)cnc2c1. The first-order chi connectivity index (χ1) is 15.6. The van der Waals surface area contributed by atoms with Crippen LogP contribution in [-0.4, -0.2) is 53.8 Å². The van der Waals surface area contributed by atoms with Crippen LogP contribution in [0.25, 0.3) is 27.9 Å². The lowest BCUT2D eigenvalue weighted by molar-refractivity contribution is 0.146. The highest BCUT2D eigenvalue weighted by atomic mass is 16.5. The van der Waals surface area contributed by atoms with E-state index in [1.54, 1.807) is 7.11 Å². The van der Waals surface area contributed by atoms with Gasteiger partial charge in [0.15, 0.2) is 0 Å². The second kappa shape index (κ2) is 8.76. The fraction of sp³-hybridized carbons (Fsp3) is 0.360. The number of aryl methyl sites for hydroxylation is 1. The predicted molar refractivity (Wildman–Crippen MR) is 127 cm³/mol. The van der Waals surface area contributed by atoms with Crippen molar-refractivity contribution >= 4 is 22.2 Å². The van der Waals surface area contributed by atoms with Crippen molar-refractivity contribution in [1.29, 1.82) is 0 Å². The van der Waals surface area contributed by atoms with Crippen LogP contribution in [0.4, 0.5) is 5.69 Å². The lowest BCUT2D eigenvalue weighted by atomic mass is 10.0. The maximum Gasteiger partial charge on any atom is 0.140 e. The lowest BCUT2D eigenvalue weighted by Crippen LogP contribution is -2.39. The Morgan fingerprint density at radius 3 is 2.78 bits per heavy atom. The van der Waals surface area contributed by atoms with Crippen LogP contribution in [-0.2, 0) is 4.74 Å². The van der Waals surface area contributed by atoms with E-state index in [1.165, 1.54) is 16.6 Å². The van der Waals surface area contributed by atoms with Gasteiger partial charge in [-0.1, -0.05) is 12.1 Å². The van der Waals surface area contributed by atoms with Gasteiger partial charge < -0.3 is 20.1 Å². The predicted octanol–water partition coefficient (Wildman–Crippen LogP) is 3.81. The molecule has 0 atom stereocenters. The number of benzene rings is 1. The van der Waals surface area contributed by atoms with Crippen LogP contribution in [0.2, 0.25) is 0 Å². The standard InChI is InChI=1S/C25H29N5O2/c1-17-14-21(23-16-27-24-15-19(8-11-30(23)24)32-13-12-31-2)28-25-20(17)4-3-5-22(25)29-9-6-18(26)7-10-29/h3-5,8,11,14-16,18H,6-7,9-10,12-13,26H2,1-2H3. The molecule has 5 rings (SSSR count). The molecule has 4 aromatic rings. The quantitative estimate of drug-likeness (QED) is 0.468. The number of anilines is 1. The van der Waals surface area contributed by atoms with Gasteiger partial charge in [-0.3, -0.25) is 4.40 Å². The number of nitrogens with zero attached hydrogens (tertiary/aromatic N) is 4. The first kappa shape index (κ1) is 20.7. The molecule has 0 spiro atoms. The van der Waals surface area contributed by atoms with E-state index in [2.05, 4.69) is 45.5 Å². The average Bonchev–Trinajstić information content (AvgIpc) is 3.23. The molecule has 0 unspecified atom stereocenters. The van der Waals surface area contributed by atoms with Gasteiger partial charge in [-0.05, 0) is 43.5 Å². The highest BCUT2D eigenvalue weighted by molar-refractivity contribution is 5.94. The minimum absolute atomic E-state index is 0.299. The smallest absolute Gasteiger partial charge is 0.140 e. The zero-order chi connectivity index (χ0) is 22.1. The highest BCUT2D eigenvalue weighted by Gasteiger charge is 2.20. The number of aromatic nitrogens is 3. The van der Waals surface area contributed by atoms with E-state index >= 15 is 0 Å². The van der Waals surface area contributed by atoms with Gasteiger partial charge in [-0.25, -0.2) is 9.97 Å². The third-order valence-electron chi connectivity index (χ3n) is 6.21. The van der Waals surface area contributed by atoms with Gasteiger partial charge in [0.05, 0.1) is 35.4 Å². The number of methoxy groups -OCH3 is 1. The van der Waals surface area contributed by atoms with Crippen LogP contribution in [0.15, 0.2) is 48.8 Å². The fourth-order valence-corrected chi connectivity index (χ4v) is 4.41. The van der Waals surface area contributed by atoms with Gasteiger partial charge >= 0.3 is 0 Å². The summed E-state index contributed by atoms with van der Waals surface area (Å²) in [6.07, 6.45) is 5.89. The molecule has 0 saturated carbocycles. The van der Waals surface area contributed by atoms with Gasteiger partial charge in [0.25, 0.3) is 0 Å². The van der Waals surface area contributed by atoms with Crippen molar-refractivity contribution in [2.75, 3.05) is 38.3 Å². The number of hydrogen-bond acceptors (Lipinski definition) is 6. The molecule has 4 heterocycles. The maximum atomic E-state index is 6.13. The number of piperidine rings is 1. The third-order valence-corrected chi connectivity index (χ3v) is 6.21. The number of nitrogens with two attached hydrogens (primary N) is 1. The van der Waals surface area contributed by atoms with E-state index in [0.717, 1.165) is 54.2 Å². The number of para-hydroxylation sites is 1. The fourth-order valence-electron chi connectivity index (χ4n) is 4.41. The van der Waals surface area contributed by atoms with Crippen molar-refractivity contribution in [3.05, 3.63) is 54.4 Å². The summed E-state index contributed by atoms with van der Waals surface area (Å²) in [4.78, 5) is 12.1. The molecule has 1 fully saturated rings. The summed E-state index contributed by atoms with van der Waals surface area (Å²) in [5.41, 5.74) is 12.3. The van der Waals surface area contributed by atoms with Crippen LogP contribution in [0, 0.1) is 6.92 Å². The Morgan fingerprint density at radius 1 is 1.12 bits per heavy atom. The number of ether oxygens (including phenoxy) is 2. The van der Waals surface area contributed by atoms with Crippen LogP contribution >= 0.6 is 0 Å². The van der Waals surface area contributed by atoms with Crippen LogP contribution < -0.4 is 15.4 Å². The molecule has 0 bridgehead atoms. The maximum absolute atomic E-state index is 6.13. The highest BCUT2D eigenvalue weighted by Crippen LogP contribution is 2.32. The summed E-state index contributed by atoms with van der Waals surface area (Å²) in [7, 11) is 1.66. The van der Waals surface area contributed by atoms with Gasteiger partial charge in [-0.15, -0.1) is 0 Å². The number of imidazole rings is 1. The Labute approximate surface area is 187 Å². The number of fused-ring (bicyclic) bond motifs is 2. The second-order valence-corrected chi connectivity index (χ2v) is 8.40. The second-order valence-electron chi connectivity index (χ2n) is 8.40. The van der Waals surface area contributed by atoms with E-state index in [1.807, 2.05) is 24.5 Å². The molecule has 1 saturated heterocycles. The van der Waals surface area contributed by atoms with Crippen molar-refractivity contribution in [3.63, 3.8) is 0 Å². The molecule has 7 heteroatoms. The number of hydrogen-bond donors (Lipinski definition) is 1. The van der Waals surface area contributed by atoms with Crippen LogP contribution in [0.1, 0.15) is 18.4 Å². The zero-order valence-corrected chi connectivity index (χ0v) is 18.6. The van der Waals surface area contributed by atoms with Gasteiger partial charge in [0.1, 0.15) is 18.0 Å². The molecular weight excluding hydrogens is 402 g/mol. The zero-order valence-electron chi connectivity index (χ0n) is 18.6. The van der Waals surface area contributed by atoms with E-state index in [4.69, 9.17) is 20.2 Å². The molecule has 32 heavy (non-hydrogen) atoms. The lowest BCUT2D eigenvalue weighted by Gasteiger charge is -2.32. The van der Waals surface area contributed by atoms with Crippen LogP contribution in [0.5, 0.6) is 5.75 Å². The summed E-state index contributed by atoms with van der Waals surface area (Å²) in [6.45, 7) is 5.14. The molecule has 3 aromatic heterocycles. The van der Waals surface area contributed by atoms with E-state index in [0.29, 0.717) is 19.3 Å². The molecule has 1 aliphatic heterocycles. The molecule has 7 nitrogen and oxygen atoms in total. The monoisotopic (exact) mass is 431 g/mol. The van der Waals surface area contributed by atoms with E-state index in [-0.39, 0.29) is 0 Å². The number of rotatable bonds is 6. The Balaban J connectivity index is 1.54. The number of pyridine rings is 2. The molecule has 0 aliphatic carbocycles. The molecule has 1 aromatic carbocycles. The molecule has 1 aliphatic rings. The van der Waals surface area contributed by atoms with Crippen molar-refractivity contribution in [2.45, 2.75) is 25.8 Å². The van der Waals surface area contributed by atoms with Gasteiger partial charge in [-0.2, -0.15) is 0 Å².